The van der Waals surface area contributed by atoms with Crippen molar-refractivity contribution < 1.29 is 13.9 Å². The van der Waals surface area contributed by atoms with Gasteiger partial charge in [-0.2, -0.15) is 0 Å². The summed E-state index contributed by atoms with van der Waals surface area (Å²) in [6.07, 6.45) is 1.81. The molecule has 3 N–H and O–H groups in total. The van der Waals surface area contributed by atoms with Gasteiger partial charge in [-0.25, -0.2) is 4.39 Å². The Morgan fingerprint density at radius 3 is 2.84 bits per heavy atom. The van der Waals surface area contributed by atoms with Crippen LogP contribution in [-0.2, 0) is 4.74 Å². The van der Waals surface area contributed by atoms with E-state index >= 15 is 0 Å². The van der Waals surface area contributed by atoms with E-state index in [4.69, 9.17) is 15.2 Å². The molecule has 1 unspecified atom stereocenters. The van der Waals surface area contributed by atoms with Crippen molar-refractivity contribution in [1.29, 1.82) is 0 Å². The Morgan fingerprint density at radius 2 is 2.21 bits per heavy atom. The second kappa shape index (κ2) is 8.72. The number of ether oxygens (including phenoxy) is 2. The first-order valence-electron chi connectivity index (χ1n) is 6.59. The minimum absolute atomic E-state index is 0.137. The van der Waals surface area contributed by atoms with E-state index in [1.165, 1.54) is 12.1 Å². The van der Waals surface area contributed by atoms with Gasteiger partial charge in [-0.3, -0.25) is 0 Å². The zero-order chi connectivity index (χ0) is 14.1. The number of nitrogens with two attached hydrogens (primary N) is 1. The van der Waals surface area contributed by atoms with Gasteiger partial charge in [0.1, 0.15) is 11.6 Å². The summed E-state index contributed by atoms with van der Waals surface area (Å²) in [5.41, 5.74) is 6.30. The molecule has 1 aromatic rings. The molecular weight excluding hydrogens is 247 g/mol. The van der Waals surface area contributed by atoms with E-state index in [1.807, 2.05) is 6.92 Å². The lowest BCUT2D eigenvalue weighted by atomic mass is 10.1. The largest absolute Gasteiger partial charge is 0.492 e. The van der Waals surface area contributed by atoms with Gasteiger partial charge in [0.05, 0.1) is 18.9 Å². The summed E-state index contributed by atoms with van der Waals surface area (Å²) >= 11 is 0. The lowest BCUT2D eigenvalue weighted by molar-refractivity contribution is 0.182. The maximum absolute atomic E-state index is 13.2. The highest BCUT2D eigenvalue weighted by atomic mass is 19.1. The fourth-order valence-corrected chi connectivity index (χ4v) is 1.87. The summed E-state index contributed by atoms with van der Waals surface area (Å²) < 4.78 is 23.8. The minimum Gasteiger partial charge on any atom is -0.492 e. The summed E-state index contributed by atoms with van der Waals surface area (Å²) in [5, 5.41) is 3.32. The average Bonchev–Trinajstić information content (AvgIpc) is 2.39. The van der Waals surface area contributed by atoms with Crippen LogP contribution in [0.3, 0.4) is 0 Å². The first-order valence-corrected chi connectivity index (χ1v) is 6.59. The van der Waals surface area contributed by atoms with Crippen LogP contribution in [-0.4, -0.2) is 32.9 Å². The van der Waals surface area contributed by atoms with Crippen LogP contribution in [0.2, 0.25) is 0 Å². The fraction of sp³-hybridized carbons (Fsp3) is 0.571. The van der Waals surface area contributed by atoms with E-state index in [0.29, 0.717) is 25.5 Å². The summed E-state index contributed by atoms with van der Waals surface area (Å²) in [4.78, 5) is 0. The van der Waals surface area contributed by atoms with Gasteiger partial charge < -0.3 is 20.5 Å². The fourth-order valence-electron chi connectivity index (χ4n) is 1.87. The summed E-state index contributed by atoms with van der Waals surface area (Å²) in [6.45, 7) is 3.58. The van der Waals surface area contributed by atoms with Gasteiger partial charge in [-0.05, 0) is 38.4 Å². The SMILES string of the molecule is CCOc1cc(F)ccc1NC(CCCN)COC. The van der Waals surface area contributed by atoms with Gasteiger partial charge in [0.15, 0.2) is 0 Å². The molecule has 0 amide bonds. The Hall–Kier alpha value is -1.33. The number of hydrogen-bond acceptors (Lipinski definition) is 4. The van der Waals surface area contributed by atoms with Crippen LogP contribution in [0, 0.1) is 5.82 Å². The van der Waals surface area contributed by atoms with Crippen molar-refractivity contribution in [1.82, 2.24) is 0 Å². The van der Waals surface area contributed by atoms with Gasteiger partial charge in [0, 0.05) is 19.2 Å². The highest BCUT2D eigenvalue weighted by molar-refractivity contribution is 5.57. The zero-order valence-electron chi connectivity index (χ0n) is 11.6. The van der Waals surface area contributed by atoms with Gasteiger partial charge in [-0.15, -0.1) is 0 Å². The molecule has 1 aromatic carbocycles. The number of rotatable bonds is 9. The molecule has 5 heteroatoms. The van der Waals surface area contributed by atoms with E-state index in [1.54, 1.807) is 13.2 Å². The molecule has 0 aliphatic rings. The van der Waals surface area contributed by atoms with E-state index in [9.17, 15) is 4.39 Å². The molecule has 0 radical (unpaired) electrons. The van der Waals surface area contributed by atoms with Crippen molar-refractivity contribution in [3.63, 3.8) is 0 Å². The van der Waals surface area contributed by atoms with Crippen LogP contribution in [0.15, 0.2) is 18.2 Å². The van der Waals surface area contributed by atoms with E-state index in [-0.39, 0.29) is 11.9 Å². The molecule has 0 saturated carbocycles. The number of anilines is 1. The topological polar surface area (TPSA) is 56.5 Å². The molecule has 1 atom stereocenters. The normalized spacial score (nSPS) is 12.2. The average molecular weight is 270 g/mol. The van der Waals surface area contributed by atoms with Gasteiger partial charge in [-0.1, -0.05) is 0 Å². The Morgan fingerprint density at radius 1 is 1.42 bits per heavy atom. The van der Waals surface area contributed by atoms with Crippen molar-refractivity contribution in [2.24, 2.45) is 5.73 Å². The van der Waals surface area contributed by atoms with Crippen LogP contribution in [0.4, 0.5) is 10.1 Å². The van der Waals surface area contributed by atoms with E-state index in [2.05, 4.69) is 5.32 Å². The molecule has 0 spiro atoms. The lowest BCUT2D eigenvalue weighted by Gasteiger charge is -2.21. The molecule has 0 bridgehead atoms. The monoisotopic (exact) mass is 270 g/mol. The van der Waals surface area contributed by atoms with Crippen molar-refractivity contribution in [3.8, 4) is 5.75 Å². The molecule has 0 aromatic heterocycles. The van der Waals surface area contributed by atoms with Crippen molar-refractivity contribution >= 4 is 5.69 Å². The number of methoxy groups -OCH3 is 1. The number of halogens is 1. The van der Waals surface area contributed by atoms with Crippen LogP contribution < -0.4 is 15.8 Å². The smallest absolute Gasteiger partial charge is 0.145 e. The Balaban J connectivity index is 2.76. The summed E-state index contributed by atoms with van der Waals surface area (Å²) in [5.74, 6) is 0.218. The maximum Gasteiger partial charge on any atom is 0.145 e. The number of nitrogens with one attached hydrogen (secondary N) is 1. The maximum atomic E-state index is 13.2. The molecule has 1 rings (SSSR count). The molecule has 0 saturated heterocycles. The first kappa shape index (κ1) is 15.7. The molecule has 4 nitrogen and oxygen atoms in total. The standard InChI is InChI=1S/C14H23FN2O2/c1-3-19-14-9-11(15)6-7-13(14)17-12(10-18-2)5-4-8-16/h6-7,9,12,17H,3-5,8,10,16H2,1-2H3. The Bertz CT molecular complexity index is 374. The van der Waals surface area contributed by atoms with Gasteiger partial charge in [0.2, 0.25) is 0 Å². The summed E-state index contributed by atoms with van der Waals surface area (Å²) in [7, 11) is 1.66. The molecule has 0 aliphatic carbocycles. The molecular formula is C14H23FN2O2. The van der Waals surface area contributed by atoms with Crippen LogP contribution in [0.25, 0.3) is 0 Å². The highest BCUT2D eigenvalue weighted by Crippen LogP contribution is 2.26. The third kappa shape index (κ3) is 5.44. The van der Waals surface area contributed by atoms with Gasteiger partial charge >= 0.3 is 0 Å². The van der Waals surface area contributed by atoms with Crippen LogP contribution in [0.5, 0.6) is 5.75 Å². The molecule has 0 heterocycles. The summed E-state index contributed by atoms with van der Waals surface area (Å²) in [6, 6.07) is 4.63. The van der Waals surface area contributed by atoms with Crippen LogP contribution >= 0.6 is 0 Å². The van der Waals surface area contributed by atoms with Gasteiger partial charge in [0.25, 0.3) is 0 Å². The minimum atomic E-state index is -0.306. The third-order valence-electron chi connectivity index (χ3n) is 2.73. The van der Waals surface area contributed by atoms with E-state index < -0.39 is 0 Å². The predicted octanol–water partition coefficient (Wildman–Crippen LogP) is 2.39. The molecule has 0 fully saturated rings. The zero-order valence-corrected chi connectivity index (χ0v) is 11.6. The second-order valence-corrected chi connectivity index (χ2v) is 4.30. The molecule has 0 aliphatic heterocycles. The van der Waals surface area contributed by atoms with Crippen molar-refractivity contribution in [2.45, 2.75) is 25.8 Å². The lowest BCUT2D eigenvalue weighted by Crippen LogP contribution is -2.26. The molecule has 19 heavy (non-hydrogen) atoms. The predicted molar refractivity (Wildman–Crippen MR) is 75.1 cm³/mol. The van der Waals surface area contributed by atoms with Crippen molar-refractivity contribution in [3.05, 3.63) is 24.0 Å². The number of benzene rings is 1. The second-order valence-electron chi connectivity index (χ2n) is 4.30. The Labute approximate surface area is 114 Å². The quantitative estimate of drug-likeness (QED) is 0.723. The third-order valence-corrected chi connectivity index (χ3v) is 2.73. The Kier molecular flexibility index (Phi) is 7.22. The van der Waals surface area contributed by atoms with Crippen LogP contribution in [0.1, 0.15) is 19.8 Å². The number of hydrogen-bond donors (Lipinski definition) is 2. The molecule has 108 valence electrons. The van der Waals surface area contributed by atoms with E-state index in [0.717, 1.165) is 18.5 Å². The highest BCUT2D eigenvalue weighted by Gasteiger charge is 2.12. The first-order chi connectivity index (χ1) is 9.21. The van der Waals surface area contributed by atoms with Crippen molar-refractivity contribution in [2.75, 3.05) is 32.2 Å².